The van der Waals surface area contributed by atoms with Crippen molar-refractivity contribution >= 4 is 27.2 Å². The molecule has 1 saturated heterocycles. The van der Waals surface area contributed by atoms with Crippen molar-refractivity contribution in [2.75, 3.05) is 30.4 Å². The molecule has 0 aliphatic carbocycles. The summed E-state index contributed by atoms with van der Waals surface area (Å²) in [6.45, 7) is 2.54. The molecule has 6 nitrogen and oxygen atoms in total. The van der Waals surface area contributed by atoms with Crippen molar-refractivity contribution in [1.29, 1.82) is 0 Å². The second kappa shape index (κ2) is 6.03. The number of benzene rings is 1. The Morgan fingerprint density at radius 3 is 2.43 bits per heavy atom. The molecule has 116 valence electrons. The van der Waals surface area contributed by atoms with Crippen LogP contribution in [0, 0.1) is 0 Å². The van der Waals surface area contributed by atoms with Crippen LogP contribution in [0.15, 0.2) is 18.2 Å². The van der Waals surface area contributed by atoms with Crippen LogP contribution in [0.5, 0.6) is 0 Å². The number of carbonyl (C=O) groups excluding carboxylic acids is 1. The van der Waals surface area contributed by atoms with Gasteiger partial charge in [-0.15, -0.1) is 0 Å². The molecule has 1 aromatic carbocycles. The maximum Gasteiger partial charge on any atom is 0.211 e. The second-order valence-electron chi connectivity index (χ2n) is 5.44. The first-order valence-electron chi connectivity index (χ1n) is 6.89. The number of nitrogens with zero attached hydrogens (tertiary/aromatic N) is 1. The van der Waals surface area contributed by atoms with Gasteiger partial charge in [0.2, 0.25) is 10.0 Å². The lowest BCUT2D eigenvalue weighted by atomic mass is 10.0. The SMILES string of the molecule is CC(=O)c1ccc(NC2CCN(S(C)(=O)=O)CC2)cc1N. The molecule has 0 radical (unpaired) electrons. The fourth-order valence-corrected chi connectivity index (χ4v) is 3.41. The number of nitrogen functional groups attached to an aromatic ring is 1. The number of rotatable bonds is 4. The third-order valence-corrected chi connectivity index (χ3v) is 5.03. The Morgan fingerprint density at radius 1 is 1.33 bits per heavy atom. The van der Waals surface area contributed by atoms with E-state index in [4.69, 9.17) is 5.73 Å². The van der Waals surface area contributed by atoms with Crippen LogP contribution in [-0.4, -0.2) is 43.9 Å². The number of nitrogens with two attached hydrogens (primary N) is 1. The fourth-order valence-electron chi connectivity index (χ4n) is 2.54. The van der Waals surface area contributed by atoms with Crippen molar-refractivity contribution in [3.8, 4) is 0 Å². The summed E-state index contributed by atoms with van der Waals surface area (Å²) in [5.74, 6) is -0.0551. The molecule has 0 atom stereocenters. The minimum atomic E-state index is -3.10. The number of carbonyl (C=O) groups is 1. The summed E-state index contributed by atoms with van der Waals surface area (Å²) in [6.07, 6.45) is 2.74. The maximum absolute atomic E-state index is 11.5. The van der Waals surface area contributed by atoms with Crippen LogP contribution in [0.25, 0.3) is 0 Å². The van der Waals surface area contributed by atoms with Gasteiger partial charge in [-0.2, -0.15) is 0 Å². The van der Waals surface area contributed by atoms with Gasteiger partial charge in [-0.1, -0.05) is 0 Å². The topological polar surface area (TPSA) is 92.5 Å². The molecular formula is C14H21N3O3S. The lowest BCUT2D eigenvalue weighted by Crippen LogP contribution is -2.41. The number of piperidine rings is 1. The monoisotopic (exact) mass is 311 g/mol. The van der Waals surface area contributed by atoms with Gasteiger partial charge in [-0.3, -0.25) is 4.79 Å². The quantitative estimate of drug-likeness (QED) is 0.646. The first-order chi connectivity index (χ1) is 9.77. The molecule has 0 saturated carbocycles. The maximum atomic E-state index is 11.5. The van der Waals surface area contributed by atoms with E-state index in [1.54, 1.807) is 12.1 Å². The molecule has 1 fully saturated rings. The summed E-state index contributed by atoms with van der Waals surface area (Å²) in [4.78, 5) is 11.3. The van der Waals surface area contributed by atoms with Gasteiger partial charge in [-0.25, -0.2) is 12.7 Å². The highest BCUT2D eigenvalue weighted by Crippen LogP contribution is 2.22. The van der Waals surface area contributed by atoms with Crippen molar-refractivity contribution < 1.29 is 13.2 Å². The van der Waals surface area contributed by atoms with Crippen LogP contribution in [0.3, 0.4) is 0 Å². The Morgan fingerprint density at radius 2 is 1.95 bits per heavy atom. The average molecular weight is 311 g/mol. The number of ketones is 1. The predicted molar refractivity (Wildman–Crippen MR) is 83.9 cm³/mol. The standard InChI is InChI=1S/C14H21N3O3S/c1-10(18)13-4-3-12(9-14(13)15)16-11-5-7-17(8-6-11)21(2,19)20/h3-4,9,11,16H,5-8,15H2,1-2H3. The van der Waals surface area contributed by atoms with Crippen LogP contribution in [0.1, 0.15) is 30.1 Å². The van der Waals surface area contributed by atoms with E-state index in [9.17, 15) is 13.2 Å². The summed E-state index contributed by atoms with van der Waals surface area (Å²) >= 11 is 0. The molecule has 1 aromatic rings. The van der Waals surface area contributed by atoms with E-state index in [0.717, 1.165) is 18.5 Å². The summed E-state index contributed by atoms with van der Waals surface area (Å²) in [6, 6.07) is 5.51. The van der Waals surface area contributed by atoms with Crippen LogP contribution < -0.4 is 11.1 Å². The summed E-state index contributed by atoms with van der Waals surface area (Å²) in [5, 5.41) is 3.35. The van der Waals surface area contributed by atoms with Gasteiger partial charge in [0.15, 0.2) is 5.78 Å². The third kappa shape index (κ3) is 3.95. The van der Waals surface area contributed by atoms with Crippen molar-refractivity contribution in [2.24, 2.45) is 0 Å². The van der Waals surface area contributed by atoms with Crippen LogP contribution in [0.4, 0.5) is 11.4 Å². The number of nitrogens with one attached hydrogen (secondary N) is 1. The molecule has 0 aromatic heterocycles. The van der Waals surface area contributed by atoms with E-state index < -0.39 is 10.0 Å². The largest absolute Gasteiger partial charge is 0.398 e. The zero-order valence-corrected chi connectivity index (χ0v) is 13.1. The van der Waals surface area contributed by atoms with Gasteiger partial charge >= 0.3 is 0 Å². The third-order valence-electron chi connectivity index (χ3n) is 3.72. The predicted octanol–water partition coefficient (Wildman–Crippen LogP) is 1.31. The molecule has 21 heavy (non-hydrogen) atoms. The molecule has 7 heteroatoms. The summed E-state index contributed by atoms with van der Waals surface area (Å²) in [7, 11) is -3.10. The second-order valence-corrected chi connectivity index (χ2v) is 7.42. The van der Waals surface area contributed by atoms with E-state index in [1.165, 1.54) is 17.5 Å². The Hall–Kier alpha value is -1.60. The molecule has 1 heterocycles. The summed E-state index contributed by atoms with van der Waals surface area (Å²) in [5.41, 5.74) is 7.70. The van der Waals surface area contributed by atoms with Gasteiger partial charge in [0.05, 0.1) is 6.26 Å². The van der Waals surface area contributed by atoms with Crippen molar-refractivity contribution in [2.45, 2.75) is 25.8 Å². The van der Waals surface area contributed by atoms with Crippen molar-refractivity contribution in [3.63, 3.8) is 0 Å². The van der Waals surface area contributed by atoms with Gasteiger partial charge < -0.3 is 11.1 Å². The first kappa shape index (κ1) is 15.8. The average Bonchev–Trinajstić information content (AvgIpc) is 2.38. The fraction of sp³-hybridized carbons (Fsp3) is 0.500. The zero-order valence-electron chi connectivity index (χ0n) is 12.3. The van der Waals surface area contributed by atoms with E-state index in [-0.39, 0.29) is 11.8 Å². The molecule has 2 rings (SSSR count). The van der Waals surface area contributed by atoms with Gasteiger partial charge in [0, 0.05) is 36.1 Å². The Balaban J connectivity index is 1.98. The Labute approximate surface area is 125 Å². The highest BCUT2D eigenvalue weighted by atomic mass is 32.2. The Bertz CT molecular complexity index is 635. The van der Waals surface area contributed by atoms with Crippen molar-refractivity contribution in [3.05, 3.63) is 23.8 Å². The Kier molecular flexibility index (Phi) is 4.53. The number of Topliss-reactive ketones (excluding diaryl/α,β-unsaturated/α-hetero) is 1. The lowest BCUT2D eigenvalue weighted by Gasteiger charge is -2.31. The molecule has 0 unspecified atom stereocenters. The van der Waals surface area contributed by atoms with Crippen LogP contribution in [0.2, 0.25) is 0 Å². The van der Waals surface area contributed by atoms with Crippen LogP contribution >= 0.6 is 0 Å². The molecule has 1 aliphatic rings. The van der Waals surface area contributed by atoms with E-state index in [0.29, 0.717) is 24.3 Å². The minimum Gasteiger partial charge on any atom is -0.398 e. The highest BCUT2D eigenvalue weighted by Gasteiger charge is 2.24. The number of hydrogen-bond donors (Lipinski definition) is 2. The molecule has 0 spiro atoms. The van der Waals surface area contributed by atoms with E-state index >= 15 is 0 Å². The molecule has 3 N–H and O–H groups in total. The zero-order chi connectivity index (χ0) is 15.6. The lowest BCUT2D eigenvalue weighted by molar-refractivity contribution is 0.101. The van der Waals surface area contributed by atoms with E-state index in [2.05, 4.69) is 5.32 Å². The number of sulfonamides is 1. The molecule has 0 amide bonds. The molecule has 1 aliphatic heterocycles. The van der Waals surface area contributed by atoms with Gasteiger partial charge in [0.25, 0.3) is 0 Å². The van der Waals surface area contributed by atoms with Crippen molar-refractivity contribution in [1.82, 2.24) is 4.31 Å². The normalized spacial score (nSPS) is 17.6. The molecule has 0 bridgehead atoms. The number of anilines is 2. The van der Waals surface area contributed by atoms with Gasteiger partial charge in [0.1, 0.15) is 0 Å². The smallest absolute Gasteiger partial charge is 0.211 e. The first-order valence-corrected chi connectivity index (χ1v) is 8.74. The highest BCUT2D eigenvalue weighted by molar-refractivity contribution is 7.88. The van der Waals surface area contributed by atoms with E-state index in [1.807, 2.05) is 6.07 Å². The molecular weight excluding hydrogens is 290 g/mol. The minimum absolute atomic E-state index is 0.0551. The number of hydrogen-bond acceptors (Lipinski definition) is 5. The van der Waals surface area contributed by atoms with Crippen LogP contribution in [-0.2, 0) is 10.0 Å². The van der Waals surface area contributed by atoms with Gasteiger partial charge in [-0.05, 0) is 38.0 Å². The summed E-state index contributed by atoms with van der Waals surface area (Å²) < 4.78 is 24.4.